The molecule has 2 unspecified atom stereocenters. The number of carbonyl (C=O) groups excluding carboxylic acids is 1. The smallest absolute Gasteiger partial charge is 0.318 e. The van der Waals surface area contributed by atoms with Gasteiger partial charge in [0.05, 0.1) is 13.0 Å². The van der Waals surface area contributed by atoms with Gasteiger partial charge in [0.25, 0.3) is 0 Å². The summed E-state index contributed by atoms with van der Waals surface area (Å²) in [5.41, 5.74) is 0. The Morgan fingerprint density at radius 3 is 2.56 bits per heavy atom. The molecule has 0 heterocycles. The van der Waals surface area contributed by atoms with Crippen molar-refractivity contribution in [2.24, 2.45) is 0 Å². The van der Waals surface area contributed by atoms with Gasteiger partial charge < -0.3 is 14.6 Å². The van der Waals surface area contributed by atoms with E-state index in [9.17, 15) is 13.8 Å². The molecule has 0 aliphatic carbocycles. The molecule has 0 aliphatic rings. The Balaban J connectivity index is 3.78. The first-order valence-corrected chi connectivity index (χ1v) is 6.19. The topological polar surface area (TPSA) is 89.9 Å². The van der Waals surface area contributed by atoms with E-state index >= 15 is 0 Å². The maximum absolute atomic E-state index is 11.2. The fourth-order valence-electron chi connectivity index (χ4n) is 0.932. The number of carbonyl (C=O) groups is 2. The van der Waals surface area contributed by atoms with Gasteiger partial charge in [0.2, 0.25) is 0 Å². The summed E-state index contributed by atoms with van der Waals surface area (Å²) in [6, 6.07) is 0. The minimum Gasteiger partial charge on any atom is -0.481 e. The summed E-state index contributed by atoms with van der Waals surface area (Å²) in [6.45, 7) is 1.93. The molecule has 0 saturated carbocycles. The van der Waals surface area contributed by atoms with E-state index in [0.29, 0.717) is 0 Å². The number of ether oxygens (including phenoxy) is 2. The zero-order valence-corrected chi connectivity index (χ0v) is 10.1. The molecule has 0 amide bonds. The monoisotopic (exact) mass is 252 g/mol. The van der Waals surface area contributed by atoms with Gasteiger partial charge in [-0.05, 0) is 6.92 Å². The molecule has 0 aliphatic heterocycles. The highest BCUT2D eigenvalue weighted by atomic mass is 32.2. The van der Waals surface area contributed by atoms with E-state index in [4.69, 9.17) is 14.6 Å². The average Bonchev–Trinajstić information content (AvgIpc) is 2.14. The summed E-state index contributed by atoms with van der Waals surface area (Å²) < 4.78 is 20.8. The quantitative estimate of drug-likeness (QED) is 0.601. The maximum atomic E-state index is 11.2. The highest BCUT2D eigenvalue weighted by Crippen LogP contribution is 1.95. The third kappa shape index (κ3) is 8.37. The van der Waals surface area contributed by atoms with Crippen molar-refractivity contribution in [1.29, 1.82) is 0 Å². The number of hydrogen-bond donors (Lipinski definition) is 1. The Morgan fingerprint density at radius 2 is 2.06 bits per heavy atom. The number of methoxy groups -OCH3 is 1. The van der Waals surface area contributed by atoms with Crippen molar-refractivity contribution in [2.45, 2.75) is 19.4 Å². The average molecular weight is 252 g/mol. The number of aliphatic carboxylic acids is 1. The molecule has 2 atom stereocenters. The Bertz CT molecular complexity index is 265. The Hall–Kier alpha value is -0.950. The molecule has 0 saturated heterocycles. The summed E-state index contributed by atoms with van der Waals surface area (Å²) in [6.07, 6.45) is -0.609. The number of esters is 1. The second kappa shape index (κ2) is 8.23. The molecule has 0 aromatic heterocycles. The molecule has 6 nitrogen and oxygen atoms in total. The van der Waals surface area contributed by atoms with Gasteiger partial charge in [0.1, 0.15) is 11.9 Å². The second-order valence-corrected chi connectivity index (χ2v) is 4.76. The van der Waals surface area contributed by atoms with Gasteiger partial charge in [0, 0.05) is 23.7 Å². The third-order valence-electron chi connectivity index (χ3n) is 1.56. The number of carboxylic acid groups (broad SMARTS) is 1. The Labute approximate surface area is 96.4 Å². The van der Waals surface area contributed by atoms with E-state index in [1.807, 2.05) is 0 Å². The van der Waals surface area contributed by atoms with Crippen LogP contribution in [0.2, 0.25) is 0 Å². The van der Waals surface area contributed by atoms with Gasteiger partial charge >= 0.3 is 11.9 Å². The molecule has 94 valence electrons. The standard InChI is InChI=1S/C9H16O6S/c1-7(5-14-2)15-9(12)6-16(13)4-3-8(10)11/h7H,3-6H2,1-2H3,(H,10,11). The highest BCUT2D eigenvalue weighted by Gasteiger charge is 2.13. The lowest BCUT2D eigenvalue weighted by Gasteiger charge is -2.11. The maximum Gasteiger partial charge on any atom is 0.318 e. The molecule has 0 bridgehead atoms. The van der Waals surface area contributed by atoms with Crippen LogP contribution in [0.15, 0.2) is 0 Å². The van der Waals surface area contributed by atoms with Crippen LogP contribution >= 0.6 is 0 Å². The lowest BCUT2D eigenvalue weighted by atomic mass is 10.4. The zero-order chi connectivity index (χ0) is 12.6. The number of hydrogen-bond acceptors (Lipinski definition) is 5. The van der Waals surface area contributed by atoms with E-state index in [1.165, 1.54) is 7.11 Å². The normalized spacial score (nSPS) is 14.1. The third-order valence-corrected chi connectivity index (χ3v) is 2.77. The van der Waals surface area contributed by atoms with Crippen LogP contribution in [0.5, 0.6) is 0 Å². The predicted molar refractivity (Wildman–Crippen MR) is 57.6 cm³/mol. The van der Waals surface area contributed by atoms with Crippen LogP contribution in [0.3, 0.4) is 0 Å². The Morgan fingerprint density at radius 1 is 1.44 bits per heavy atom. The molecule has 0 radical (unpaired) electrons. The van der Waals surface area contributed by atoms with Crippen molar-refractivity contribution in [3.05, 3.63) is 0 Å². The van der Waals surface area contributed by atoms with Crippen LogP contribution in [0.4, 0.5) is 0 Å². The lowest BCUT2D eigenvalue weighted by molar-refractivity contribution is -0.147. The molecule has 0 rings (SSSR count). The first kappa shape index (κ1) is 15.0. The van der Waals surface area contributed by atoms with Crippen molar-refractivity contribution in [1.82, 2.24) is 0 Å². The molecule has 7 heteroatoms. The van der Waals surface area contributed by atoms with Crippen LogP contribution in [0.25, 0.3) is 0 Å². The van der Waals surface area contributed by atoms with Gasteiger partial charge in [-0.25, -0.2) is 0 Å². The fraction of sp³-hybridized carbons (Fsp3) is 0.778. The van der Waals surface area contributed by atoms with E-state index in [0.717, 1.165) is 0 Å². The highest BCUT2D eigenvalue weighted by molar-refractivity contribution is 7.85. The minimum atomic E-state index is -1.49. The summed E-state index contributed by atoms with van der Waals surface area (Å²) in [4.78, 5) is 21.4. The largest absolute Gasteiger partial charge is 0.481 e. The molecule has 0 aromatic rings. The molecular formula is C9H16O6S. The van der Waals surface area contributed by atoms with Gasteiger partial charge in [0.15, 0.2) is 0 Å². The van der Waals surface area contributed by atoms with Gasteiger partial charge in [-0.1, -0.05) is 0 Å². The van der Waals surface area contributed by atoms with E-state index in [1.54, 1.807) is 6.92 Å². The summed E-state index contributed by atoms with van der Waals surface area (Å²) in [7, 11) is -0.00574. The fourth-order valence-corrected chi connectivity index (χ4v) is 1.81. The van der Waals surface area contributed by atoms with Crippen LogP contribution in [0, 0.1) is 0 Å². The molecule has 1 N–H and O–H groups in total. The SMILES string of the molecule is COCC(C)OC(=O)CS(=O)CCC(=O)O. The molecule has 0 fully saturated rings. The molecule has 16 heavy (non-hydrogen) atoms. The first-order valence-electron chi connectivity index (χ1n) is 4.71. The van der Waals surface area contributed by atoms with Crippen LogP contribution < -0.4 is 0 Å². The van der Waals surface area contributed by atoms with E-state index in [2.05, 4.69) is 0 Å². The summed E-state index contributed by atoms with van der Waals surface area (Å²) in [5.74, 6) is -1.95. The summed E-state index contributed by atoms with van der Waals surface area (Å²) in [5, 5.41) is 8.34. The van der Waals surface area contributed by atoms with E-state index < -0.39 is 28.8 Å². The predicted octanol–water partition coefficient (Wildman–Crippen LogP) is -0.212. The van der Waals surface area contributed by atoms with Crippen molar-refractivity contribution in [3.63, 3.8) is 0 Å². The summed E-state index contributed by atoms with van der Waals surface area (Å²) >= 11 is 0. The molecular weight excluding hydrogens is 236 g/mol. The zero-order valence-electron chi connectivity index (χ0n) is 9.30. The van der Waals surface area contributed by atoms with Crippen molar-refractivity contribution >= 4 is 22.7 Å². The van der Waals surface area contributed by atoms with Crippen LogP contribution in [0.1, 0.15) is 13.3 Å². The van der Waals surface area contributed by atoms with Gasteiger partial charge in [-0.15, -0.1) is 0 Å². The minimum absolute atomic E-state index is 0.0386. The van der Waals surface area contributed by atoms with Gasteiger partial charge in [-0.3, -0.25) is 13.8 Å². The lowest BCUT2D eigenvalue weighted by Crippen LogP contribution is -2.24. The van der Waals surface area contributed by atoms with Crippen molar-refractivity contribution < 1.29 is 28.4 Å². The molecule has 0 aromatic carbocycles. The number of rotatable bonds is 8. The molecule has 0 spiro atoms. The van der Waals surface area contributed by atoms with Crippen molar-refractivity contribution in [3.8, 4) is 0 Å². The van der Waals surface area contributed by atoms with Crippen molar-refractivity contribution in [2.75, 3.05) is 25.2 Å². The van der Waals surface area contributed by atoms with Crippen LogP contribution in [-0.4, -0.2) is 52.6 Å². The van der Waals surface area contributed by atoms with Crippen LogP contribution in [-0.2, 0) is 29.9 Å². The van der Waals surface area contributed by atoms with E-state index in [-0.39, 0.29) is 24.5 Å². The first-order chi connectivity index (χ1) is 7.45. The second-order valence-electron chi connectivity index (χ2n) is 3.19. The number of carboxylic acids is 1. The Kier molecular flexibility index (Phi) is 7.74. The van der Waals surface area contributed by atoms with Gasteiger partial charge in [-0.2, -0.15) is 0 Å².